The number of allylic oxidation sites excluding steroid dienone is 1. The minimum atomic E-state index is -3.13. The number of likely N-dealkylation sites (tertiary alicyclic amines) is 2. The van der Waals surface area contributed by atoms with Crippen molar-refractivity contribution in [3.8, 4) is 0 Å². The third kappa shape index (κ3) is 16.8. The van der Waals surface area contributed by atoms with E-state index in [-0.39, 0.29) is 102 Å². The van der Waals surface area contributed by atoms with Gasteiger partial charge in [-0.15, -0.1) is 0 Å². The largest absolute Gasteiger partial charge is 0.391 e. The van der Waals surface area contributed by atoms with E-state index in [1.807, 2.05) is 23.6 Å². The highest BCUT2D eigenvalue weighted by atomic mass is 79.9. The second-order valence-corrected chi connectivity index (χ2v) is 29.3. The number of carbonyl (C=O) groups excluding carboxylic acids is 4. The van der Waals surface area contributed by atoms with Gasteiger partial charge in [-0.3, -0.25) is 40.7 Å². The number of halogens is 4. The molecule has 0 aromatic heterocycles. The van der Waals surface area contributed by atoms with Crippen LogP contribution in [0.3, 0.4) is 0 Å². The standard InChI is InChI=1S/C32H55BrN6O2.C28H50F3N4O2P.C4H6O.C2H6/c1-6-16-37(28(40)8-3)18-27-29-25(7-2)36-39(22-11-9-21(10-12-22)20(4)5)26(29)15-17-38(27)32(41)23-13-14-24(33)31-30(23)34-19-35-31;1-6-8-19-24-20(7-2)34(27(37)17-13-23(36)26(32-14-17)28(30,31)38)12-11-22(24)35(33-19)21-10-9-18(15(3)4)25(29)16(21)5;1-3-4(2)5;1-2/h8,20-27,29-31,34-36H,3,6-7,9-19H2,1-2,4-5H3;15-26,32-33,36H,6-14,38H2,1-5H3;3H,1H2,2H3;1-2H3. The maximum atomic E-state index is 15.5. The van der Waals surface area contributed by atoms with E-state index in [9.17, 15) is 33.1 Å². The predicted molar refractivity (Wildman–Crippen MR) is 348 cm³/mol. The van der Waals surface area contributed by atoms with E-state index in [4.69, 9.17) is 0 Å². The summed E-state index contributed by atoms with van der Waals surface area (Å²) in [6.07, 6.45) is 16.1. The number of hydrogen-bond acceptors (Lipinski definition) is 12. The molecule has 20 heteroatoms. The van der Waals surface area contributed by atoms with Gasteiger partial charge in [0, 0.05) is 116 Å². The number of hydrogen-bond donors (Lipinski definition) is 6. The number of carbonyl (C=O) groups is 4. The molecule has 9 aliphatic rings. The summed E-state index contributed by atoms with van der Waals surface area (Å²) in [6, 6.07) is 0.949. The second-order valence-electron chi connectivity index (χ2n) is 27.3. The molecule has 0 bridgehead atoms. The molecular weight excluding hydrogens is 1180 g/mol. The Morgan fingerprint density at radius 1 is 0.756 bits per heavy atom. The smallest absolute Gasteiger partial charge is 0.276 e. The number of rotatable bonds is 17. The first-order chi connectivity index (χ1) is 41.0. The molecule has 15 nitrogen and oxygen atoms in total. The highest BCUT2D eigenvalue weighted by molar-refractivity contribution is 9.09. The highest BCUT2D eigenvalue weighted by Gasteiger charge is 2.57. The van der Waals surface area contributed by atoms with Gasteiger partial charge in [-0.05, 0) is 139 Å². The Kier molecular flexibility index (Phi) is 28.4. The van der Waals surface area contributed by atoms with E-state index < -0.39 is 29.9 Å². The van der Waals surface area contributed by atoms with Gasteiger partial charge in [-0.2, -0.15) is 0 Å². The van der Waals surface area contributed by atoms with Crippen LogP contribution in [-0.2, 0) is 19.2 Å². The van der Waals surface area contributed by atoms with Crippen LogP contribution >= 0.6 is 25.2 Å². The molecule has 494 valence electrons. The number of hydrazine groups is 2. The van der Waals surface area contributed by atoms with Crippen molar-refractivity contribution in [1.82, 2.24) is 51.5 Å². The average Bonchev–Trinajstić information content (AvgIpc) is 2.12. The molecule has 6 N–H and O–H groups in total. The Balaban J connectivity index is 0.000000249. The van der Waals surface area contributed by atoms with Crippen molar-refractivity contribution in [1.29, 1.82) is 0 Å². The molecule has 6 aliphatic heterocycles. The third-order valence-electron chi connectivity index (χ3n) is 21.7. The lowest BCUT2D eigenvalue weighted by Crippen LogP contribution is -2.63. The number of piperidine rings is 3. The number of nitrogens with zero attached hydrogens (tertiary/aromatic N) is 5. The highest BCUT2D eigenvalue weighted by Crippen LogP contribution is 2.47. The van der Waals surface area contributed by atoms with Gasteiger partial charge in [0.15, 0.2) is 5.78 Å². The van der Waals surface area contributed by atoms with Crippen LogP contribution in [0.1, 0.15) is 186 Å². The monoisotopic (exact) mass is 1300 g/mol. The van der Waals surface area contributed by atoms with Gasteiger partial charge in [0.1, 0.15) is 12.2 Å². The van der Waals surface area contributed by atoms with Crippen LogP contribution in [0.5, 0.6) is 0 Å². The van der Waals surface area contributed by atoms with Crippen LogP contribution in [0, 0.1) is 53.3 Å². The lowest BCUT2D eigenvalue weighted by Gasteiger charge is -2.49. The Hall–Kier alpha value is -2.06. The van der Waals surface area contributed by atoms with Gasteiger partial charge in [-0.1, -0.05) is 121 Å². The Bertz CT molecular complexity index is 2180. The summed E-state index contributed by atoms with van der Waals surface area (Å²) in [4.78, 5) is 57.6. The summed E-state index contributed by atoms with van der Waals surface area (Å²) < 4.78 is 43.2. The predicted octanol–water partition coefficient (Wildman–Crippen LogP) is 9.85. The molecule has 20 unspecified atom stereocenters. The Labute approximate surface area is 528 Å². The van der Waals surface area contributed by atoms with Gasteiger partial charge in [-0.25, -0.2) is 23.2 Å². The molecule has 3 saturated carbocycles. The van der Waals surface area contributed by atoms with Crippen molar-refractivity contribution in [3.05, 3.63) is 25.3 Å². The van der Waals surface area contributed by atoms with Crippen LogP contribution < -0.4 is 26.8 Å². The van der Waals surface area contributed by atoms with Crippen molar-refractivity contribution in [2.45, 2.75) is 275 Å². The molecule has 0 radical (unpaired) electrons. The van der Waals surface area contributed by atoms with Gasteiger partial charge in [0.05, 0.1) is 24.0 Å². The number of ketones is 1. The van der Waals surface area contributed by atoms with E-state index in [1.54, 1.807) is 0 Å². The number of alkyl halides is 4. The van der Waals surface area contributed by atoms with Crippen molar-refractivity contribution in [2.75, 3.05) is 39.4 Å². The SMILES string of the molecule is C=CC(=O)N(CCC)CC1C2C(CC)NN(C3CCC(C(C)C)CC3)C2CCN1C(=O)C1CCC(Br)C2NCNC12.C=CC(C)=O.CC.CCCC1NN(C2CCC(C(C)C)C(F)C2C)C2CCN(C(=O)C3CNC(C(F)(F)P)C(O)C3)C(CC)C12. The van der Waals surface area contributed by atoms with E-state index >= 15 is 4.39 Å². The molecule has 0 aromatic carbocycles. The van der Waals surface area contributed by atoms with E-state index in [2.05, 4.69) is 133 Å². The molecule has 9 fully saturated rings. The van der Waals surface area contributed by atoms with Crippen LogP contribution in [-0.4, -0.2) is 182 Å². The van der Waals surface area contributed by atoms with Crippen LogP contribution in [0.2, 0.25) is 0 Å². The quantitative estimate of drug-likeness (QED) is 0.0465. The van der Waals surface area contributed by atoms with Crippen LogP contribution in [0.4, 0.5) is 13.2 Å². The maximum Gasteiger partial charge on any atom is 0.276 e. The van der Waals surface area contributed by atoms with E-state index in [1.165, 1.54) is 54.0 Å². The minimum Gasteiger partial charge on any atom is -0.391 e. The van der Waals surface area contributed by atoms with Gasteiger partial charge in [0.25, 0.3) is 5.66 Å². The van der Waals surface area contributed by atoms with Crippen molar-refractivity contribution >= 4 is 48.7 Å². The Morgan fingerprint density at radius 3 is 1.91 bits per heavy atom. The maximum absolute atomic E-state index is 15.5. The number of fused-ring (bicyclic) bond motifs is 3. The summed E-state index contributed by atoms with van der Waals surface area (Å²) in [5.41, 5.74) is 4.69. The zero-order valence-electron chi connectivity index (χ0n) is 54.8. The Morgan fingerprint density at radius 2 is 1.36 bits per heavy atom. The molecule has 0 aromatic rings. The van der Waals surface area contributed by atoms with Crippen molar-refractivity contribution in [2.24, 2.45) is 53.3 Å². The van der Waals surface area contributed by atoms with Crippen LogP contribution in [0.15, 0.2) is 25.3 Å². The fourth-order valence-corrected chi connectivity index (χ4v) is 18.3. The lowest BCUT2D eigenvalue weighted by atomic mass is 9.71. The number of aliphatic hydroxyl groups excluding tert-OH is 1. The van der Waals surface area contributed by atoms with E-state index in [0.29, 0.717) is 54.4 Å². The summed E-state index contributed by atoms with van der Waals surface area (Å²) >= 11 is 3.87. The summed E-state index contributed by atoms with van der Waals surface area (Å²) in [6.45, 7) is 35.8. The number of amides is 3. The lowest BCUT2D eigenvalue weighted by molar-refractivity contribution is -0.146. The zero-order valence-corrected chi connectivity index (χ0v) is 57.6. The normalized spacial score (nSPS) is 38.2. The molecule has 6 heterocycles. The molecule has 86 heavy (non-hydrogen) atoms. The fourth-order valence-electron chi connectivity index (χ4n) is 17.2. The molecule has 20 atom stereocenters. The summed E-state index contributed by atoms with van der Waals surface area (Å²) in [5.74, 6) is 2.20. The topological polar surface area (TPSA) is 165 Å². The zero-order chi connectivity index (χ0) is 63.5. The second kappa shape index (κ2) is 33.5. The number of nitrogens with one attached hydrogen (secondary N) is 5. The summed E-state index contributed by atoms with van der Waals surface area (Å²) in [7, 11) is 1.50. The average molecular weight is 1300 g/mol. The minimum absolute atomic E-state index is 0.000610. The molecule has 0 spiro atoms. The molecular formula is C66H117BrF3N10O5P. The van der Waals surface area contributed by atoms with Gasteiger partial charge in [0.2, 0.25) is 17.7 Å². The van der Waals surface area contributed by atoms with Crippen LogP contribution in [0.25, 0.3) is 0 Å². The van der Waals surface area contributed by atoms with Gasteiger partial charge < -0.3 is 25.1 Å². The van der Waals surface area contributed by atoms with E-state index in [0.717, 1.165) is 95.7 Å². The fraction of sp³-hybridized carbons (Fsp3) is 0.879. The first-order valence-corrected chi connectivity index (χ1v) is 35.5. The first-order valence-electron chi connectivity index (χ1n) is 34.0. The third-order valence-corrected chi connectivity index (χ3v) is 23.1. The molecule has 3 aliphatic carbocycles. The molecule has 3 amide bonds. The van der Waals surface area contributed by atoms with Crippen molar-refractivity contribution < 1.29 is 37.5 Å². The summed E-state index contributed by atoms with van der Waals surface area (Å²) in [5, 5.41) is 25.3. The molecule has 6 saturated heterocycles. The van der Waals surface area contributed by atoms with Crippen molar-refractivity contribution in [3.63, 3.8) is 0 Å². The number of aliphatic hydroxyl groups is 1. The molecule has 9 rings (SSSR count). The first kappa shape index (κ1) is 73.0. The van der Waals surface area contributed by atoms with Gasteiger partial charge >= 0.3 is 0 Å².